The summed E-state index contributed by atoms with van der Waals surface area (Å²) in [5.74, 6) is -0.899. The molecule has 0 spiro atoms. The van der Waals surface area contributed by atoms with Gasteiger partial charge in [-0.3, -0.25) is 9.59 Å². The van der Waals surface area contributed by atoms with E-state index in [9.17, 15) is 45.3 Å². The summed E-state index contributed by atoms with van der Waals surface area (Å²) in [7, 11) is 0. The second-order valence-corrected chi connectivity index (χ2v) is 23.3. The van der Waals surface area contributed by atoms with E-state index >= 15 is 0 Å². The van der Waals surface area contributed by atoms with E-state index in [-0.39, 0.29) is 26.1 Å². The molecule has 0 radical (unpaired) electrons. The predicted octanol–water partition coefficient (Wildman–Crippen LogP) is 12.3. The molecule has 0 aromatic carbocycles. The zero-order chi connectivity index (χ0) is 56.7. The lowest BCUT2D eigenvalue weighted by molar-refractivity contribution is -0.332. The maximum atomic E-state index is 13.1. The summed E-state index contributed by atoms with van der Waals surface area (Å²) in [6, 6.07) is 0. The summed E-state index contributed by atoms with van der Waals surface area (Å²) in [6.07, 6.45) is 37.0. The molecule has 2 saturated heterocycles. The first-order valence-corrected chi connectivity index (χ1v) is 32.6. The molecule has 7 N–H and O–H groups in total. The van der Waals surface area contributed by atoms with Crippen molar-refractivity contribution in [2.45, 2.75) is 364 Å². The third-order valence-electron chi connectivity index (χ3n) is 16.1. The molecule has 4 unspecified atom stereocenters. The van der Waals surface area contributed by atoms with E-state index in [4.69, 9.17) is 28.4 Å². The van der Waals surface area contributed by atoms with E-state index in [2.05, 4.69) is 13.8 Å². The summed E-state index contributed by atoms with van der Waals surface area (Å²) in [5, 5.41) is 72.4. The second kappa shape index (κ2) is 50.1. The standard InChI is InChI=1S/C63H120O15/c1-3-5-7-9-11-13-15-17-19-21-23-25-26-28-29-31-33-35-37-39-41-43-45-54(65)73-48-51(76-55(66)46-44-42-40-38-36-34-32-30-27-24-22-20-18-16-14-12-10-8-6-4-2)49-74-62-61(72)59(70)57(68)53(78-62)50-75-63-60(71)58(69)56(67)52(47-64)77-63/h51-53,56-64,67-72H,3-50H2,1-2H3/t51-,52+,53+,56-,57-,58?,59?,60?,61?,62+,63+/m0/s1. The van der Waals surface area contributed by atoms with Gasteiger partial charge in [0.25, 0.3) is 0 Å². The molecule has 0 aromatic rings. The van der Waals surface area contributed by atoms with Crippen LogP contribution >= 0.6 is 0 Å². The number of aliphatic hydroxyl groups excluding tert-OH is 7. The molecule has 15 heteroatoms. The fourth-order valence-electron chi connectivity index (χ4n) is 10.8. The van der Waals surface area contributed by atoms with Crippen molar-refractivity contribution < 1.29 is 73.8 Å². The van der Waals surface area contributed by atoms with Gasteiger partial charge in [-0.25, -0.2) is 0 Å². The molecule has 0 amide bonds. The van der Waals surface area contributed by atoms with Crippen molar-refractivity contribution in [3.63, 3.8) is 0 Å². The molecule has 0 saturated carbocycles. The Balaban J connectivity index is 1.69. The highest BCUT2D eigenvalue weighted by Crippen LogP contribution is 2.27. The highest BCUT2D eigenvalue weighted by atomic mass is 16.7. The van der Waals surface area contributed by atoms with Crippen molar-refractivity contribution >= 4 is 11.9 Å². The van der Waals surface area contributed by atoms with Gasteiger partial charge in [0.2, 0.25) is 0 Å². The van der Waals surface area contributed by atoms with Gasteiger partial charge >= 0.3 is 11.9 Å². The van der Waals surface area contributed by atoms with Crippen molar-refractivity contribution in [3.8, 4) is 0 Å². The van der Waals surface area contributed by atoms with Gasteiger partial charge in [-0.2, -0.15) is 0 Å². The minimum atomic E-state index is -1.76. The van der Waals surface area contributed by atoms with E-state index in [1.807, 2.05) is 0 Å². The Morgan fingerprint density at radius 2 is 0.654 bits per heavy atom. The molecule has 2 fully saturated rings. The number of aliphatic hydroxyl groups is 7. The number of unbranched alkanes of at least 4 members (excludes halogenated alkanes) is 40. The summed E-state index contributed by atoms with van der Waals surface area (Å²) in [6.45, 7) is 2.68. The molecule has 2 rings (SSSR count). The van der Waals surface area contributed by atoms with Crippen LogP contribution in [0, 0.1) is 0 Å². The number of ether oxygens (including phenoxy) is 6. The fourth-order valence-corrected chi connectivity index (χ4v) is 10.8. The third-order valence-corrected chi connectivity index (χ3v) is 16.1. The van der Waals surface area contributed by atoms with Gasteiger partial charge in [-0.1, -0.05) is 271 Å². The Labute approximate surface area is 474 Å². The molecule has 0 aromatic heterocycles. The molecular formula is C63H120O15. The molecule has 78 heavy (non-hydrogen) atoms. The number of hydrogen-bond donors (Lipinski definition) is 7. The first kappa shape index (κ1) is 72.6. The van der Waals surface area contributed by atoms with Crippen LogP contribution in [0.2, 0.25) is 0 Å². The normalized spacial score (nSPS) is 23.9. The Hall–Kier alpha value is -1.50. The zero-order valence-corrected chi connectivity index (χ0v) is 49.7. The molecule has 0 bridgehead atoms. The van der Waals surface area contributed by atoms with Gasteiger partial charge in [0, 0.05) is 12.8 Å². The van der Waals surface area contributed by atoms with Crippen LogP contribution in [-0.2, 0) is 38.0 Å². The topological polar surface area (TPSA) is 231 Å². The van der Waals surface area contributed by atoms with Gasteiger partial charge in [0.1, 0.15) is 55.4 Å². The molecule has 0 aliphatic carbocycles. The number of hydrogen-bond acceptors (Lipinski definition) is 15. The second-order valence-electron chi connectivity index (χ2n) is 23.3. The van der Waals surface area contributed by atoms with Crippen LogP contribution in [-0.4, -0.2) is 142 Å². The smallest absolute Gasteiger partial charge is 0.306 e. The molecule has 462 valence electrons. The molecule has 11 atom stereocenters. The molecule has 2 aliphatic rings. The minimum absolute atomic E-state index is 0.174. The van der Waals surface area contributed by atoms with Crippen LogP contribution in [0.15, 0.2) is 0 Å². The summed E-state index contributed by atoms with van der Waals surface area (Å²) >= 11 is 0. The van der Waals surface area contributed by atoms with Crippen molar-refractivity contribution in [2.24, 2.45) is 0 Å². The van der Waals surface area contributed by atoms with E-state index in [1.165, 1.54) is 218 Å². The Morgan fingerprint density at radius 1 is 0.359 bits per heavy atom. The Kier molecular flexibility index (Phi) is 46.6. The SMILES string of the molecule is CCCCCCCCCCCCCCCCCCCCCCCCC(=O)OC[C@@H](CO[C@@H]1O[C@H](CO[C@@H]2O[C@H](CO)[C@H](O)C(O)C2O)[C@H](O)C(O)C1O)OC(=O)CCCCCCCCCCCCCCCCCCCCCC. The largest absolute Gasteiger partial charge is 0.462 e. The van der Waals surface area contributed by atoms with Crippen LogP contribution in [0.25, 0.3) is 0 Å². The summed E-state index contributed by atoms with van der Waals surface area (Å²) in [5.41, 5.74) is 0. The van der Waals surface area contributed by atoms with Crippen LogP contribution in [0.1, 0.15) is 296 Å². The van der Waals surface area contributed by atoms with Crippen LogP contribution in [0.3, 0.4) is 0 Å². The predicted molar refractivity (Wildman–Crippen MR) is 308 cm³/mol. The summed E-state index contributed by atoms with van der Waals surface area (Å²) < 4.78 is 33.8. The monoisotopic (exact) mass is 1120 g/mol. The summed E-state index contributed by atoms with van der Waals surface area (Å²) in [4.78, 5) is 26.0. The van der Waals surface area contributed by atoms with Crippen molar-refractivity contribution in [1.82, 2.24) is 0 Å². The maximum Gasteiger partial charge on any atom is 0.306 e. The number of carbonyl (C=O) groups excluding carboxylic acids is 2. The van der Waals surface area contributed by atoms with E-state index in [1.54, 1.807) is 0 Å². The molecule has 2 heterocycles. The maximum absolute atomic E-state index is 13.1. The van der Waals surface area contributed by atoms with Crippen molar-refractivity contribution in [3.05, 3.63) is 0 Å². The van der Waals surface area contributed by atoms with Gasteiger partial charge in [-0.05, 0) is 12.8 Å². The van der Waals surface area contributed by atoms with Gasteiger partial charge < -0.3 is 64.2 Å². The van der Waals surface area contributed by atoms with Gasteiger partial charge in [0.05, 0.1) is 19.8 Å². The Bertz CT molecular complexity index is 1360. The van der Waals surface area contributed by atoms with E-state index < -0.39 is 92.7 Å². The lowest BCUT2D eigenvalue weighted by atomic mass is 9.98. The number of rotatable bonds is 54. The first-order chi connectivity index (χ1) is 38.0. The quantitative estimate of drug-likeness (QED) is 0.0222. The van der Waals surface area contributed by atoms with Crippen molar-refractivity contribution in [1.29, 1.82) is 0 Å². The molecular weight excluding hydrogens is 997 g/mol. The van der Waals surface area contributed by atoms with E-state index in [0.29, 0.717) is 12.8 Å². The highest BCUT2D eigenvalue weighted by Gasteiger charge is 2.47. The third kappa shape index (κ3) is 36.2. The number of carbonyl (C=O) groups is 2. The van der Waals surface area contributed by atoms with E-state index in [0.717, 1.165) is 38.5 Å². The lowest BCUT2D eigenvalue weighted by Gasteiger charge is -2.42. The molecule has 15 nitrogen and oxygen atoms in total. The molecule has 2 aliphatic heterocycles. The van der Waals surface area contributed by atoms with Gasteiger partial charge in [0.15, 0.2) is 18.7 Å². The Morgan fingerprint density at radius 3 is 1.00 bits per heavy atom. The average molecular weight is 1120 g/mol. The number of esters is 2. The lowest BCUT2D eigenvalue weighted by Crippen LogP contribution is -2.61. The zero-order valence-electron chi connectivity index (χ0n) is 49.7. The van der Waals surface area contributed by atoms with Crippen LogP contribution < -0.4 is 0 Å². The first-order valence-electron chi connectivity index (χ1n) is 32.6. The van der Waals surface area contributed by atoms with Crippen LogP contribution in [0.4, 0.5) is 0 Å². The highest BCUT2D eigenvalue weighted by molar-refractivity contribution is 5.70. The van der Waals surface area contributed by atoms with Crippen molar-refractivity contribution in [2.75, 3.05) is 26.4 Å². The van der Waals surface area contributed by atoms with Crippen LogP contribution in [0.5, 0.6) is 0 Å². The van der Waals surface area contributed by atoms with Gasteiger partial charge in [-0.15, -0.1) is 0 Å². The average Bonchev–Trinajstić information content (AvgIpc) is 3.43. The fraction of sp³-hybridized carbons (Fsp3) is 0.968. The minimum Gasteiger partial charge on any atom is -0.462 e.